The molecule has 21 heavy (non-hydrogen) atoms. The molecule has 0 saturated carbocycles. The first-order valence-corrected chi connectivity index (χ1v) is 7.37. The Morgan fingerprint density at radius 2 is 2.10 bits per heavy atom. The van der Waals surface area contributed by atoms with Gasteiger partial charge in [0.15, 0.2) is 0 Å². The van der Waals surface area contributed by atoms with Crippen molar-refractivity contribution in [2.24, 2.45) is 10.7 Å². The molecule has 1 unspecified atom stereocenters. The molecule has 1 heterocycles. The summed E-state index contributed by atoms with van der Waals surface area (Å²) in [5.74, 6) is 0. The number of allylic oxidation sites excluding steroid dienone is 3. The molecule has 1 atom stereocenters. The second-order valence-electron chi connectivity index (χ2n) is 4.94. The number of hydrogen-bond donors (Lipinski definition) is 1. The predicted molar refractivity (Wildman–Crippen MR) is 90.2 cm³/mol. The van der Waals surface area contributed by atoms with Crippen molar-refractivity contribution in [3.63, 3.8) is 0 Å². The largest absolute Gasteiger partial charge is 0.319 e. The SMILES string of the molecule is C=C1/C=C(/Br)C=NC(=C)C(N)c2ccc(C#N)cc2CC1. The molecule has 0 fully saturated rings. The minimum absolute atomic E-state index is 0.379. The molecule has 2 rings (SSSR count). The summed E-state index contributed by atoms with van der Waals surface area (Å²) < 4.78 is 0.838. The zero-order valence-electron chi connectivity index (χ0n) is 11.6. The highest BCUT2D eigenvalue weighted by Crippen LogP contribution is 2.26. The number of aryl methyl sites for hydroxylation is 1. The topological polar surface area (TPSA) is 62.2 Å². The Labute approximate surface area is 133 Å². The summed E-state index contributed by atoms with van der Waals surface area (Å²) in [6, 6.07) is 7.34. The van der Waals surface area contributed by atoms with E-state index >= 15 is 0 Å². The normalized spacial score (nSPS) is 21.8. The highest BCUT2D eigenvalue weighted by atomic mass is 79.9. The third-order valence-corrected chi connectivity index (χ3v) is 3.81. The molecule has 4 heteroatoms. The van der Waals surface area contributed by atoms with Crippen molar-refractivity contribution in [1.29, 1.82) is 5.26 Å². The quantitative estimate of drug-likeness (QED) is 0.777. The smallest absolute Gasteiger partial charge is 0.0991 e. The van der Waals surface area contributed by atoms with Gasteiger partial charge < -0.3 is 5.73 Å². The molecule has 2 N–H and O–H groups in total. The second-order valence-corrected chi connectivity index (χ2v) is 5.86. The van der Waals surface area contributed by atoms with Gasteiger partial charge in [-0.1, -0.05) is 24.8 Å². The first kappa shape index (κ1) is 15.4. The summed E-state index contributed by atoms with van der Waals surface area (Å²) in [5, 5.41) is 9.06. The number of fused-ring (bicyclic) bond motifs is 1. The number of nitrogens with zero attached hydrogens (tertiary/aromatic N) is 2. The minimum atomic E-state index is -0.379. The lowest BCUT2D eigenvalue weighted by Gasteiger charge is -2.16. The molecule has 3 nitrogen and oxygen atoms in total. The zero-order chi connectivity index (χ0) is 15.4. The van der Waals surface area contributed by atoms with Gasteiger partial charge in [0.1, 0.15) is 0 Å². The Morgan fingerprint density at radius 1 is 1.33 bits per heavy atom. The first-order chi connectivity index (χ1) is 10.0. The molecule has 0 amide bonds. The zero-order valence-corrected chi connectivity index (χ0v) is 13.2. The van der Waals surface area contributed by atoms with Crippen LogP contribution in [-0.4, -0.2) is 6.21 Å². The fourth-order valence-electron chi connectivity index (χ4n) is 2.20. The van der Waals surface area contributed by atoms with Gasteiger partial charge in [-0.3, -0.25) is 4.99 Å². The first-order valence-electron chi connectivity index (χ1n) is 6.57. The molecule has 1 aromatic carbocycles. The molecule has 1 aliphatic rings. The molecule has 0 bridgehead atoms. The lowest BCUT2D eigenvalue weighted by Crippen LogP contribution is -2.14. The van der Waals surface area contributed by atoms with Gasteiger partial charge in [-0.05, 0) is 58.1 Å². The number of rotatable bonds is 0. The lowest BCUT2D eigenvalue weighted by molar-refractivity contribution is 0.811. The van der Waals surface area contributed by atoms with Gasteiger partial charge >= 0.3 is 0 Å². The van der Waals surface area contributed by atoms with E-state index in [1.165, 1.54) is 0 Å². The van der Waals surface area contributed by atoms with Crippen LogP contribution in [0.15, 0.2) is 58.2 Å². The van der Waals surface area contributed by atoms with E-state index in [2.05, 4.69) is 40.1 Å². The second kappa shape index (κ2) is 6.66. The molecular formula is C17H16BrN3. The standard InChI is InChI=1S/C17H16BrN3/c1-11-3-5-14-8-13(9-19)4-6-16(14)17(20)12(2)21-10-15(18)7-11/h4,6-8,10,17H,1-3,5,20H2/b15-7+,21-10?. The van der Waals surface area contributed by atoms with Crippen LogP contribution in [0.25, 0.3) is 0 Å². The molecule has 0 aromatic heterocycles. The van der Waals surface area contributed by atoms with Crippen LogP contribution in [0.1, 0.15) is 29.2 Å². The molecule has 0 spiro atoms. The van der Waals surface area contributed by atoms with Crippen LogP contribution < -0.4 is 5.73 Å². The van der Waals surface area contributed by atoms with Crippen LogP contribution >= 0.6 is 15.9 Å². The van der Waals surface area contributed by atoms with Crippen LogP contribution in [0.5, 0.6) is 0 Å². The fourth-order valence-corrected chi connectivity index (χ4v) is 2.63. The van der Waals surface area contributed by atoms with E-state index in [4.69, 9.17) is 11.0 Å². The van der Waals surface area contributed by atoms with Crippen LogP contribution in [-0.2, 0) is 6.42 Å². The molecule has 0 radical (unpaired) electrons. The van der Waals surface area contributed by atoms with Crippen LogP contribution in [0, 0.1) is 11.3 Å². The van der Waals surface area contributed by atoms with Crippen molar-refractivity contribution in [2.75, 3.05) is 0 Å². The van der Waals surface area contributed by atoms with E-state index in [0.717, 1.165) is 34.0 Å². The van der Waals surface area contributed by atoms with Gasteiger partial charge in [-0.15, -0.1) is 0 Å². The highest BCUT2D eigenvalue weighted by Gasteiger charge is 2.15. The Kier molecular flexibility index (Phi) is 4.89. The van der Waals surface area contributed by atoms with Crippen molar-refractivity contribution < 1.29 is 0 Å². The van der Waals surface area contributed by atoms with Crippen molar-refractivity contribution in [1.82, 2.24) is 0 Å². The monoisotopic (exact) mass is 341 g/mol. The van der Waals surface area contributed by atoms with Crippen LogP contribution in [0.3, 0.4) is 0 Å². The molecular weight excluding hydrogens is 326 g/mol. The summed E-state index contributed by atoms with van der Waals surface area (Å²) in [6.07, 6.45) is 5.19. The van der Waals surface area contributed by atoms with Gasteiger partial charge in [0.2, 0.25) is 0 Å². The summed E-state index contributed by atoms with van der Waals surface area (Å²) in [6.45, 7) is 7.97. The summed E-state index contributed by atoms with van der Waals surface area (Å²) in [4.78, 5) is 4.30. The van der Waals surface area contributed by atoms with E-state index < -0.39 is 0 Å². The Bertz CT molecular complexity index is 692. The van der Waals surface area contributed by atoms with Gasteiger partial charge in [-0.25, -0.2) is 0 Å². The molecule has 0 aliphatic carbocycles. The lowest BCUT2D eigenvalue weighted by atomic mass is 9.93. The van der Waals surface area contributed by atoms with Crippen molar-refractivity contribution in [2.45, 2.75) is 18.9 Å². The van der Waals surface area contributed by atoms with E-state index in [1.54, 1.807) is 12.3 Å². The van der Waals surface area contributed by atoms with Gasteiger partial charge in [0, 0.05) is 10.7 Å². The average molecular weight is 342 g/mol. The van der Waals surface area contributed by atoms with Gasteiger partial charge in [0.25, 0.3) is 0 Å². The Morgan fingerprint density at radius 3 is 2.81 bits per heavy atom. The Hall–Kier alpha value is -1.96. The van der Waals surface area contributed by atoms with Gasteiger partial charge in [-0.2, -0.15) is 5.26 Å². The molecule has 1 aromatic rings. The minimum Gasteiger partial charge on any atom is -0.319 e. The van der Waals surface area contributed by atoms with Crippen molar-refractivity contribution in [3.05, 3.63) is 69.9 Å². The number of nitrogens with two attached hydrogens (primary N) is 1. The maximum atomic E-state index is 9.06. The average Bonchev–Trinajstić information content (AvgIpc) is 2.50. The molecule has 106 valence electrons. The van der Waals surface area contributed by atoms with E-state index in [-0.39, 0.29) is 6.04 Å². The Balaban J connectivity index is 2.50. The molecule has 0 saturated heterocycles. The fraction of sp³-hybridized carbons (Fsp3) is 0.176. The predicted octanol–water partition coefficient (Wildman–Crippen LogP) is 3.92. The third kappa shape index (κ3) is 3.78. The molecule has 1 aliphatic heterocycles. The van der Waals surface area contributed by atoms with Crippen molar-refractivity contribution in [3.8, 4) is 6.07 Å². The highest BCUT2D eigenvalue weighted by molar-refractivity contribution is 9.12. The van der Waals surface area contributed by atoms with Crippen LogP contribution in [0.4, 0.5) is 0 Å². The number of nitriles is 1. The maximum Gasteiger partial charge on any atom is 0.0991 e. The number of aliphatic imine (C=N–C) groups is 1. The van der Waals surface area contributed by atoms with E-state index in [0.29, 0.717) is 11.3 Å². The van der Waals surface area contributed by atoms with E-state index in [9.17, 15) is 0 Å². The maximum absolute atomic E-state index is 9.06. The van der Waals surface area contributed by atoms with E-state index in [1.807, 2.05) is 18.2 Å². The number of benzene rings is 1. The number of halogens is 1. The summed E-state index contributed by atoms with van der Waals surface area (Å²) >= 11 is 3.43. The summed E-state index contributed by atoms with van der Waals surface area (Å²) in [7, 11) is 0. The van der Waals surface area contributed by atoms with Crippen molar-refractivity contribution >= 4 is 22.1 Å². The van der Waals surface area contributed by atoms with Crippen LogP contribution in [0.2, 0.25) is 0 Å². The summed E-state index contributed by atoms with van der Waals surface area (Å²) in [5.41, 5.74) is 10.5. The number of hydrogen-bond acceptors (Lipinski definition) is 3. The van der Waals surface area contributed by atoms with Gasteiger partial charge in [0.05, 0.1) is 23.4 Å². The third-order valence-electron chi connectivity index (χ3n) is 3.38.